The molecular weight excluding hydrogens is 228 g/mol. The molecule has 1 heterocycles. The molecule has 3 nitrogen and oxygen atoms in total. The summed E-state index contributed by atoms with van der Waals surface area (Å²) in [7, 11) is 0. The van der Waals surface area contributed by atoms with E-state index in [1.54, 1.807) is 0 Å². The van der Waals surface area contributed by atoms with E-state index in [-0.39, 0.29) is 10.3 Å². The molecule has 17 heavy (non-hydrogen) atoms. The first-order chi connectivity index (χ1) is 8.09. The van der Waals surface area contributed by atoms with Gasteiger partial charge in [-0.05, 0) is 18.2 Å². The van der Waals surface area contributed by atoms with Crippen molar-refractivity contribution in [3.63, 3.8) is 0 Å². The van der Waals surface area contributed by atoms with E-state index in [9.17, 15) is 18.8 Å². The summed E-state index contributed by atoms with van der Waals surface area (Å²) < 4.78 is 26.4. The fraction of sp³-hybridized carbons (Fsp3) is 0. The largest absolute Gasteiger partial charge is 0.618 e. The van der Waals surface area contributed by atoms with Crippen LogP contribution >= 0.6 is 0 Å². The quantitative estimate of drug-likeness (QED) is 0.453. The van der Waals surface area contributed by atoms with Crippen LogP contribution < -0.4 is 4.73 Å². The van der Waals surface area contributed by atoms with Crippen LogP contribution in [0.4, 0.5) is 8.78 Å². The molecule has 0 aliphatic heterocycles. The highest BCUT2D eigenvalue weighted by Crippen LogP contribution is 2.11. The lowest BCUT2D eigenvalue weighted by atomic mass is 10.1. The molecule has 0 N–H and O–H groups in total. The van der Waals surface area contributed by atoms with Crippen molar-refractivity contribution in [1.29, 1.82) is 0 Å². The first kappa shape index (κ1) is 11.2. The van der Waals surface area contributed by atoms with Gasteiger partial charge in [-0.2, -0.15) is 9.12 Å². The summed E-state index contributed by atoms with van der Waals surface area (Å²) in [6, 6.07) is 6.93. The summed E-state index contributed by atoms with van der Waals surface area (Å²) in [6.45, 7) is 0. The Morgan fingerprint density at radius 1 is 1.18 bits per heavy atom. The summed E-state index contributed by atoms with van der Waals surface area (Å²) in [6.07, 6.45) is 1.01. The molecule has 0 aliphatic carbocycles. The number of carbonyl (C=O) groups is 1. The van der Waals surface area contributed by atoms with Gasteiger partial charge in [0, 0.05) is 11.6 Å². The minimum absolute atomic E-state index is 0.0697. The van der Waals surface area contributed by atoms with Crippen LogP contribution in [0.15, 0.2) is 42.6 Å². The molecule has 5 heteroatoms. The third-order valence-electron chi connectivity index (χ3n) is 2.21. The fourth-order valence-corrected chi connectivity index (χ4v) is 1.44. The number of benzene rings is 1. The fourth-order valence-electron chi connectivity index (χ4n) is 1.44. The number of aromatic nitrogens is 1. The van der Waals surface area contributed by atoms with Gasteiger partial charge in [0.05, 0.1) is 0 Å². The van der Waals surface area contributed by atoms with E-state index >= 15 is 0 Å². The SMILES string of the molecule is O=C(c1cccc(F)c1)c1c(F)ccc[n+]1[O-]. The van der Waals surface area contributed by atoms with Gasteiger partial charge in [-0.15, -0.1) is 0 Å². The van der Waals surface area contributed by atoms with E-state index < -0.39 is 23.1 Å². The number of nitrogens with zero attached hydrogens (tertiary/aromatic N) is 1. The average Bonchev–Trinajstić information content (AvgIpc) is 2.28. The van der Waals surface area contributed by atoms with Crippen LogP contribution in [0.5, 0.6) is 0 Å². The summed E-state index contributed by atoms with van der Waals surface area (Å²) >= 11 is 0. The van der Waals surface area contributed by atoms with E-state index in [1.165, 1.54) is 18.2 Å². The smallest absolute Gasteiger partial charge is 0.300 e. The molecule has 0 bridgehead atoms. The van der Waals surface area contributed by atoms with Crippen molar-refractivity contribution in [3.8, 4) is 0 Å². The van der Waals surface area contributed by atoms with Crippen molar-refractivity contribution in [3.05, 3.63) is 70.7 Å². The van der Waals surface area contributed by atoms with Crippen LogP contribution in [-0.2, 0) is 0 Å². The third kappa shape index (κ3) is 2.13. The number of rotatable bonds is 2. The van der Waals surface area contributed by atoms with Gasteiger partial charge in [0.1, 0.15) is 5.82 Å². The summed E-state index contributed by atoms with van der Waals surface area (Å²) in [5.74, 6) is -2.40. The average molecular weight is 235 g/mol. The maximum Gasteiger partial charge on any atom is 0.300 e. The molecule has 2 aromatic rings. The lowest BCUT2D eigenvalue weighted by Gasteiger charge is -2.04. The van der Waals surface area contributed by atoms with Gasteiger partial charge in [0.15, 0.2) is 12.0 Å². The summed E-state index contributed by atoms with van der Waals surface area (Å²) in [5, 5.41) is 11.3. The minimum atomic E-state index is -0.934. The van der Waals surface area contributed by atoms with Crippen molar-refractivity contribution in [2.24, 2.45) is 0 Å². The Morgan fingerprint density at radius 3 is 2.59 bits per heavy atom. The van der Waals surface area contributed by atoms with Crippen LogP contribution in [0.3, 0.4) is 0 Å². The van der Waals surface area contributed by atoms with Crippen molar-refractivity contribution in [2.75, 3.05) is 0 Å². The predicted molar refractivity (Wildman–Crippen MR) is 55.2 cm³/mol. The first-order valence-corrected chi connectivity index (χ1v) is 4.77. The number of carbonyl (C=O) groups excluding carboxylic acids is 1. The van der Waals surface area contributed by atoms with Gasteiger partial charge < -0.3 is 5.21 Å². The molecule has 0 unspecified atom stereocenters. The highest BCUT2D eigenvalue weighted by Gasteiger charge is 2.23. The van der Waals surface area contributed by atoms with Crippen LogP contribution in [0, 0.1) is 16.8 Å². The minimum Gasteiger partial charge on any atom is -0.618 e. The molecule has 0 spiro atoms. The van der Waals surface area contributed by atoms with Crippen LogP contribution in [0.2, 0.25) is 0 Å². The highest BCUT2D eigenvalue weighted by molar-refractivity contribution is 6.06. The van der Waals surface area contributed by atoms with E-state index in [0.717, 1.165) is 24.4 Å². The molecule has 0 atom stereocenters. The molecule has 2 rings (SSSR count). The highest BCUT2D eigenvalue weighted by atomic mass is 19.1. The van der Waals surface area contributed by atoms with Crippen molar-refractivity contribution in [1.82, 2.24) is 0 Å². The molecule has 0 amide bonds. The Balaban J connectivity index is 2.51. The van der Waals surface area contributed by atoms with E-state index in [0.29, 0.717) is 0 Å². The predicted octanol–water partition coefficient (Wildman–Crippen LogP) is 1.83. The Labute approximate surface area is 95.5 Å². The van der Waals surface area contributed by atoms with Gasteiger partial charge in [-0.3, -0.25) is 4.79 Å². The lowest BCUT2D eigenvalue weighted by molar-refractivity contribution is -0.609. The zero-order valence-corrected chi connectivity index (χ0v) is 8.56. The lowest BCUT2D eigenvalue weighted by Crippen LogP contribution is -2.35. The van der Waals surface area contributed by atoms with E-state index in [1.807, 2.05) is 0 Å². The molecule has 0 saturated heterocycles. The Kier molecular flexibility index (Phi) is 2.82. The molecule has 1 aromatic carbocycles. The standard InChI is InChI=1S/C12H7F2NO2/c13-9-4-1-3-8(7-9)12(16)11-10(14)5-2-6-15(11)17/h1-7H. The van der Waals surface area contributed by atoms with Gasteiger partial charge in [0.25, 0.3) is 5.78 Å². The molecular formula is C12H7F2NO2. The molecule has 86 valence electrons. The number of ketones is 1. The van der Waals surface area contributed by atoms with Crippen LogP contribution in [0.1, 0.15) is 16.1 Å². The van der Waals surface area contributed by atoms with Gasteiger partial charge in [0.2, 0.25) is 0 Å². The van der Waals surface area contributed by atoms with Gasteiger partial charge in [-0.25, -0.2) is 4.39 Å². The van der Waals surface area contributed by atoms with Crippen LogP contribution in [-0.4, -0.2) is 5.78 Å². The molecule has 1 aromatic heterocycles. The van der Waals surface area contributed by atoms with Crippen molar-refractivity contribution in [2.45, 2.75) is 0 Å². The molecule has 0 fully saturated rings. The van der Waals surface area contributed by atoms with Gasteiger partial charge >= 0.3 is 5.69 Å². The maximum atomic E-state index is 13.4. The zero-order valence-electron chi connectivity index (χ0n) is 8.56. The van der Waals surface area contributed by atoms with E-state index in [2.05, 4.69) is 0 Å². The number of hydrogen-bond donors (Lipinski definition) is 0. The second-order valence-corrected chi connectivity index (χ2v) is 3.37. The number of pyridine rings is 1. The van der Waals surface area contributed by atoms with E-state index in [4.69, 9.17) is 0 Å². The second kappa shape index (κ2) is 4.29. The third-order valence-corrected chi connectivity index (χ3v) is 2.21. The van der Waals surface area contributed by atoms with Crippen LogP contribution in [0.25, 0.3) is 0 Å². The monoisotopic (exact) mass is 235 g/mol. The Bertz CT molecular complexity index is 564. The van der Waals surface area contributed by atoms with Gasteiger partial charge in [-0.1, -0.05) is 12.1 Å². The summed E-state index contributed by atoms with van der Waals surface area (Å²) in [4.78, 5) is 11.8. The second-order valence-electron chi connectivity index (χ2n) is 3.37. The van der Waals surface area contributed by atoms with Crippen molar-refractivity contribution < 1.29 is 18.3 Å². The summed E-state index contributed by atoms with van der Waals surface area (Å²) in [5.41, 5.74) is -0.710. The topological polar surface area (TPSA) is 44.0 Å². The zero-order chi connectivity index (χ0) is 12.4. The molecule has 0 aliphatic rings. The Morgan fingerprint density at radius 2 is 1.94 bits per heavy atom. The van der Waals surface area contributed by atoms with Crippen molar-refractivity contribution >= 4 is 5.78 Å². The normalized spacial score (nSPS) is 10.2. The number of halogens is 2. The molecule has 0 saturated carbocycles. The number of hydrogen-bond acceptors (Lipinski definition) is 2. The maximum absolute atomic E-state index is 13.4. The Hall–Kier alpha value is -2.30. The first-order valence-electron chi connectivity index (χ1n) is 4.77. The molecule has 0 radical (unpaired) electrons.